The van der Waals surface area contributed by atoms with Crippen LogP contribution in [0.3, 0.4) is 0 Å². The van der Waals surface area contributed by atoms with Crippen LogP contribution in [0, 0.1) is 13.8 Å². The van der Waals surface area contributed by atoms with Crippen LogP contribution in [0.1, 0.15) is 17.0 Å². The molecule has 0 radical (unpaired) electrons. The van der Waals surface area contributed by atoms with E-state index in [1.165, 1.54) is 7.11 Å². The molecule has 124 valence electrons. The van der Waals surface area contributed by atoms with Crippen molar-refractivity contribution in [3.63, 3.8) is 0 Å². The first kappa shape index (κ1) is 15.9. The first-order valence-corrected chi connectivity index (χ1v) is 7.50. The molecule has 0 spiro atoms. The lowest BCUT2D eigenvalue weighted by Crippen LogP contribution is -2.11. The van der Waals surface area contributed by atoms with Crippen molar-refractivity contribution >= 4 is 22.9 Å². The third-order valence-corrected chi connectivity index (χ3v) is 3.64. The number of oxazole rings is 1. The Labute approximate surface area is 139 Å². The Hall–Kier alpha value is -3.02. The van der Waals surface area contributed by atoms with Gasteiger partial charge in [0.15, 0.2) is 12.2 Å². The molecule has 0 saturated heterocycles. The molecule has 3 aromatic rings. The second-order valence-corrected chi connectivity index (χ2v) is 5.41. The predicted molar refractivity (Wildman–Crippen MR) is 90.3 cm³/mol. The molecule has 6 heteroatoms. The van der Waals surface area contributed by atoms with Gasteiger partial charge >= 0.3 is 6.09 Å². The number of fused-ring (bicyclic) bond motifs is 1. The largest absolute Gasteiger partial charge is 0.484 e. The first-order valence-electron chi connectivity index (χ1n) is 7.50. The fraction of sp³-hybridized carbons (Fsp3) is 0.222. The molecule has 2 aromatic carbocycles. The van der Waals surface area contributed by atoms with Crippen molar-refractivity contribution in [3.8, 4) is 5.75 Å². The first-order chi connectivity index (χ1) is 11.6. The zero-order chi connectivity index (χ0) is 17.1. The zero-order valence-corrected chi connectivity index (χ0v) is 13.8. The number of carbonyl (C=O) groups excluding carboxylic acids is 1. The van der Waals surface area contributed by atoms with E-state index >= 15 is 0 Å². The van der Waals surface area contributed by atoms with Crippen molar-refractivity contribution in [2.24, 2.45) is 0 Å². The fourth-order valence-corrected chi connectivity index (χ4v) is 2.37. The summed E-state index contributed by atoms with van der Waals surface area (Å²) in [6.45, 7) is 4.09. The molecular formula is C18H18N2O4. The molecule has 1 amide bonds. The van der Waals surface area contributed by atoms with Gasteiger partial charge in [-0.1, -0.05) is 12.1 Å². The maximum Gasteiger partial charge on any atom is 0.411 e. The van der Waals surface area contributed by atoms with Crippen LogP contribution in [-0.2, 0) is 11.3 Å². The summed E-state index contributed by atoms with van der Waals surface area (Å²) < 4.78 is 16.0. The number of ether oxygens (including phenoxy) is 2. The molecule has 3 rings (SSSR count). The number of aryl methyl sites for hydroxylation is 2. The van der Waals surface area contributed by atoms with E-state index in [2.05, 4.69) is 15.0 Å². The molecule has 1 aromatic heterocycles. The number of hydrogen-bond donors (Lipinski definition) is 1. The smallest absolute Gasteiger partial charge is 0.411 e. The molecule has 0 fully saturated rings. The number of carbonyl (C=O) groups is 1. The molecule has 1 heterocycles. The van der Waals surface area contributed by atoms with Crippen molar-refractivity contribution < 1.29 is 18.7 Å². The van der Waals surface area contributed by atoms with Crippen LogP contribution < -0.4 is 10.1 Å². The van der Waals surface area contributed by atoms with Gasteiger partial charge in [0.05, 0.1) is 7.11 Å². The Morgan fingerprint density at radius 2 is 2.04 bits per heavy atom. The molecular weight excluding hydrogens is 308 g/mol. The predicted octanol–water partition coefficient (Wildman–Crippen LogP) is 4.20. The maximum absolute atomic E-state index is 11.3. The van der Waals surface area contributed by atoms with Gasteiger partial charge in [-0.2, -0.15) is 0 Å². The number of nitrogens with zero attached hydrogens (tertiary/aromatic N) is 1. The van der Waals surface area contributed by atoms with E-state index in [1.807, 2.05) is 38.1 Å². The number of aromatic nitrogens is 1. The number of methoxy groups -OCH3 is 1. The summed E-state index contributed by atoms with van der Waals surface area (Å²) in [6, 6.07) is 11.2. The highest BCUT2D eigenvalue weighted by Crippen LogP contribution is 2.24. The van der Waals surface area contributed by atoms with Crippen LogP contribution in [0.5, 0.6) is 5.75 Å². The van der Waals surface area contributed by atoms with Crippen LogP contribution >= 0.6 is 0 Å². The van der Waals surface area contributed by atoms with Gasteiger partial charge in [-0.25, -0.2) is 9.78 Å². The van der Waals surface area contributed by atoms with Crippen molar-refractivity contribution in [2.45, 2.75) is 20.5 Å². The van der Waals surface area contributed by atoms with Gasteiger partial charge in [0.1, 0.15) is 11.3 Å². The van der Waals surface area contributed by atoms with Gasteiger partial charge in [0.2, 0.25) is 5.89 Å². The molecule has 0 saturated carbocycles. The van der Waals surface area contributed by atoms with Crippen molar-refractivity contribution in [2.75, 3.05) is 12.4 Å². The number of para-hydroxylation sites is 1. The highest BCUT2D eigenvalue weighted by atomic mass is 16.5. The molecule has 0 bridgehead atoms. The third-order valence-electron chi connectivity index (χ3n) is 3.64. The van der Waals surface area contributed by atoms with Crippen molar-refractivity contribution in [3.05, 3.63) is 53.4 Å². The number of amides is 1. The number of benzene rings is 2. The van der Waals surface area contributed by atoms with Crippen LogP contribution in [0.2, 0.25) is 0 Å². The fourth-order valence-electron chi connectivity index (χ4n) is 2.37. The summed E-state index contributed by atoms with van der Waals surface area (Å²) in [5, 5.41) is 2.64. The van der Waals surface area contributed by atoms with Gasteiger partial charge in [-0.15, -0.1) is 0 Å². The highest BCUT2D eigenvalue weighted by molar-refractivity contribution is 5.85. The van der Waals surface area contributed by atoms with E-state index < -0.39 is 6.09 Å². The van der Waals surface area contributed by atoms with Gasteiger partial charge in [0.25, 0.3) is 0 Å². The standard InChI is InChI=1S/C18H18N2O4/c1-11-5-4-6-15-17(11)24-16(19-15)10-23-13-7-8-14(12(2)9-13)20-18(21)22-3/h4-9H,10H2,1-3H3,(H,20,21). The minimum atomic E-state index is -0.506. The Bertz CT molecular complexity index is 886. The second kappa shape index (κ2) is 6.62. The number of rotatable bonds is 4. The summed E-state index contributed by atoms with van der Waals surface area (Å²) in [4.78, 5) is 15.7. The molecule has 6 nitrogen and oxygen atoms in total. The molecule has 24 heavy (non-hydrogen) atoms. The lowest BCUT2D eigenvalue weighted by molar-refractivity contribution is 0.187. The van der Waals surface area contributed by atoms with E-state index in [0.717, 1.165) is 22.2 Å². The Morgan fingerprint density at radius 1 is 1.21 bits per heavy atom. The van der Waals surface area contributed by atoms with Crippen LogP contribution in [-0.4, -0.2) is 18.2 Å². The summed E-state index contributed by atoms with van der Waals surface area (Å²) in [6.07, 6.45) is -0.506. The average Bonchev–Trinajstić information content (AvgIpc) is 2.99. The molecule has 0 aliphatic rings. The topological polar surface area (TPSA) is 73.6 Å². The molecule has 0 unspecified atom stereocenters. The van der Waals surface area contributed by atoms with Gasteiger partial charge in [-0.3, -0.25) is 5.32 Å². The maximum atomic E-state index is 11.3. The van der Waals surface area contributed by atoms with E-state index in [1.54, 1.807) is 12.1 Å². The summed E-state index contributed by atoms with van der Waals surface area (Å²) in [7, 11) is 1.32. The van der Waals surface area contributed by atoms with E-state index in [-0.39, 0.29) is 6.61 Å². The average molecular weight is 326 g/mol. The number of anilines is 1. The van der Waals surface area contributed by atoms with Crippen LogP contribution in [0.15, 0.2) is 40.8 Å². The summed E-state index contributed by atoms with van der Waals surface area (Å²) in [5.41, 5.74) is 4.19. The zero-order valence-electron chi connectivity index (χ0n) is 13.8. The Morgan fingerprint density at radius 3 is 2.75 bits per heavy atom. The quantitative estimate of drug-likeness (QED) is 0.777. The minimum absolute atomic E-state index is 0.233. The van der Waals surface area contributed by atoms with Crippen LogP contribution in [0.4, 0.5) is 10.5 Å². The molecule has 1 N–H and O–H groups in total. The second-order valence-electron chi connectivity index (χ2n) is 5.41. The van der Waals surface area contributed by atoms with E-state index in [0.29, 0.717) is 17.3 Å². The highest BCUT2D eigenvalue weighted by Gasteiger charge is 2.09. The van der Waals surface area contributed by atoms with Crippen molar-refractivity contribution in [1.29, 1.82) is 0 Å². The lowest BCUT2D eigenvalue weighted by atomic mass is 10.2. The van der Waals surface area contributed by atoms with Gasteiger partial charge in [0, 0.05) is 5.69 Å². The van der Waals surface area contributed by atoms with Crippen LogP contribution in [0.25, 0.3) is 11.1 Å². The third kappa shape index (κ3) is 3.32. The summed E-state index contributed by atoms with van der Waals surface area (Å²) in [5.74, 6) is 1.19. The molecule has 0 aliphatic heterocycles. The molecule has 0 aliphatic carbocycles. The number of hydrogen-bond acceptors (Lipinski definition) is 5. The van der Waals surface area contributed by atoms with E-state index in [9.17, 15) is 4.79 Å². The summed E-state index contributed by atoms with van der Waals surface area (Å²) >= 11 is 0. The van der Waals surface area contributed by atoms with Gasteiger partial charge < -0.3 is 13.9 Å². The molecule has 0 atom stereocenters. The number of nitrogens with one attached hydrogen (secondary N) is 1. The SMILES string of the molecule is COC(=O)Nc1ccc(OCc2nc3cccc(C)c3o2)cc1C. The van der Waals surface area contributed by atoms with Crippen molar-refractivity contribution in [1.82, 2.24) is 4.98 Å². The minimum Gasteiger partial charge on any atom is -0.484 e. The normalized spacial score (nSPS) is 10.6. The van der Waals surface area contributed by atoms with E-state index in [4.69, 9.17) is 9.15 Å². The lowest BCUT2D eigenvalue weighted by Gasteiger charge is -2.09. The van der Waals surface area contributed by atoms with Gasteiger partial charge in [-0.05, 0) is 49.2 Å². The Balaban J connectivity index is 1.70. The monoisotopic (exact) mass is 326 g/mol. The Kier molecular flexibility index (Phi) is 4.37.